The predicted molar refractivity (Wildman–Crippen MR) is 144 cm³/mol. The Hall–Kier alpha value is -0.980. The third kappa shape index (κ3) is 6.29. The molecule has 3 atom stereocenters. The topological polar surface area (TPSA) is 20.2 Å². The molecular weight excluding hydrogens is 415 g/mol. The largest absolute Gasteiger partial charge is 0.507 e. The van der Waals surface area contributed by atoms with E-state index in [0.29, 0.717) is 14.3 Å². The molecule has 0 saturated carbocycles. The zero-order valence-electron chi connectivity index (χ0n) is 20.9. The number of hydrogen-bond acceptors (Lipinski definition) is 2. The SMILES string of the molecule is CCCCCC(CC)(Pc1ccc(C)cc1C(C)S)c1cc(C(C)(C)C)cc(C)c1O. The van der Waals surface area contributed by atoms with E-state index in [-0.39, 0.29) is 15.8 Å². The van der Waals surface area contributed by atoms with Crippen LogP contribution in [0.3, 0.4) is 0 Å². The van der Waals surface area contributed by atoms with E-state index in [4.69, 9.17) is 12.6 Å². The first kappa shape index (κ1) is 26.3. The molecule has 0 spiro atoms. The van der Waals surface area contributed by atoms with Gasteiger partial charge >= 0.3 is 0 Å². The number of aryl methyl sites for hydroxylation is 2. The normalized spacial score (nSPS) is 15.4. The molecule has 31 heavy (non-hydrogen) atoms. The molecule has 0 radical (unpaired) electrons. The molecule has 172 valence electrons. The van der Waals surface area contributed by atoms with Gasteiger partial charge < -0.3 is 5.11 Å². The highest BCUT2D eigenvalue weighted by Crippen LogP contribution is 2.53. The molecule has 0 heterocycles. The molecule has 1 N–H and O–H groups in total. The fraction of sp³-hybridized carbons (Fsp3) is 0.571. The first-order valence-corrected chi connectivity index (χ1v) is 13.4. The highest BCUT2D eigenvalue weighted by atomic mass is 32.1. The van der Waals surface area contributed by atoms with Crippen molar-refractivity contribution in [3.63, 3.8) is 0 Å². The zero-order valence-corrected chi connectivity index (χ0v) is 22.8. The zero-order chi connectivity index (χ0) is 23.4. The van der Waals surface area contributed by atoms with Crippen LogP contribution in [-0.4, -0.2) is 5.11 Å². The Balaban J connectivity index is 2.70. The van der Waals surface area contributed by atoms with Crippen LogP contribution in [0.15, 0.2) is 30.3 Å². The minimum atomic E-state index is -0.0576. The number of thiol groups is 1. The van der Waals surface area contributed by atoms with Crippen molar-refractivity contribution in [2.45, 2.75) is 103 Å². The second-order valence-electron chi connectivity index (χ2n) is 10.2. The van der Waals surface area contributed by atoms with Crippen molar-refractivity contribution < 1.29 is 5.11 Å². The van der Waals surface area contributed by atoms with E-state index in [9.17, 15) is 5.11 Å². The van der Waals surface area contributed by atoms with Crippen molar-refractivity contribution in [1.29, 1.82) is 0 Å². The Morgan fingerprint density at radius 1 is 1.03 bits per heavy atom. The molecule has 0 bridgehead atoms. The third-order valence-electron chi connectivity index (χ3n) is 6.52. The van der Waals surface area contributed by atoms with Gasteiger partial charge in [0.1, 0.15) is 5.75 Å². The van der Waals surface area contributed by atoms with Gasteiger partial charge in [0.25, 0.3) is 0 Å². The van der Waals surface area contributed by atoms with E-state index in [1.54, 1.807) is 0 Å². The number of benzene rings is 2. The molecule has 0 aliphatic heterocycles. The van der Waals surface area contributed by atoms with Gasteiger partial charge in [-0.05, 0) is 61.0 Å². The first-order valence-electron chi connectivity index (χ1n) is 11.9. The van der Waals surface area contributed by atoms with Gasteiger partial charge in [0.05, 0.1) is 0 Å². The Morgan fingerprint density at radius 3 is 2.26 bits per heavy atom. The molecule has 3 unspecified atom stereocenters. The van der Waals surface area contributed by atoms with Gasteiger partial charge in [-0.1, -0.05) is 98.4 Å². The van der Waals surface area contributed by atoms with E-state index >= 15 is 0 Å². The van der Waals surface area contributed by atoms with Crippen LogP contribution in [-0.2, 0) is 10.6 Å². The van der Waals surface area contributed by atoms with Gasteiger partial charge in [-0.25, -0.2) is 0 Å². The molecular formula is C28H43OPS. The Morgan fingerprint density at radius 2 is 1.71 bits per heavy atom. The van der Waals surface area contributed by atoms with Crippen LogP contribution in [0.1, 0.15) is 107 Å². The minimum absolute atomic E-state index is 0.0495. The Kier molecular flexibility index (Phi) is 9.12. The van der Waals surface area contributed by atoms with E-state index in [1.165, 1.54) is 41.3 Å². The molecule has 1 nitrogen and oxygen atoms in total. The number of phenolic OH excluding ortho intramolecular Hbond substituents is 1. The van der Waals surface area contributed by atoms with Gasteiger partial charge in [0.15, 0.2) is 0 Å². The lowest BCUT2D eigenvalue weighted by molar-refractivity contribution is 0.431. The molecule has 0 amide bonds. The summed E-state index contributed by atoms with van der Waals surface area (Å²) in [6, 6.07) is 11.3. The smallest absolute Gasteiger partial charge is 0.122 e. The summed E-state index contributed by atoms with van der Waals surface area (Å²) >= 11 is 4.80. The molecule has 2 aromatic rings. The number of aromatic hydroxyl groups is 1. The number of hydrogen-bond donors (Lipinski definition) is 2. The summed E-state index contributed by atoms with van der Waals surface area (Å²) in [5.74, 6) is 0.492. The summed E-state index contributed by atoms with van der Waals surface area (Å²) in [5, 5.41) is 12.8. The molecule has 0 aliphatic carbocycles. The second kappa shape index (κ2) is 10.8. The van der Waals surface area contributed by atoms with Crippen molar-refractivity contribution in [3.05, 3.63) is 58.1 Å². The van der Waals surface area contributed by atoms with Crippen molar-refractivity contribution >= 4 is 26.5 Å². The van der Waals surface area contributed by atoms with Crippen LogP contribution >= 0.6 is 21.2 Å². The van der Waals surface area contributed by atoms with Crippen molar-refractivity contribution in [3.8, 4) is 5.75 Å². The summed E-state index contributed by atoms with van der Waals surface area (Å²) < 4.78 is 0. The maximum absolute atomic E-state index is 11.3. The summed E-state index contributed by atoms with van der Waals surface area (Å²) in [5.41, 5.74) is 6.11. The van der Waals surface area contributed by atoms with Crippen LogP contribution in [0.25, 0.3) is 0 Å². The lowest BCUT2D eigenvalue weighted by atomic mass is 9.80. The molecule has 0 aliphatic rings. The van der Waals surface area contributed by atoms with E-state index in [2.05, 4.69) is 85.7 Å². The van der Waals surface area contributed by atoms with Crippen molar-refractivity contribution in [2.24, 2.45) is 0 Å². The average Bonchev–Trinajstić information content (AvgIpc) is 2.69. The average molecular weight is 459 g/mol. The number of rotatable bonds is 9. The number of phenols is 1. The highest BCUT2D eigenvalue weighted by molar-refractivity contribution is 7.80. The monoisotopic (exact) mass is 458 g/mol. The quantitative estimate of drug-likeness (QED) is 0.219. The van der Waals surface area contributed by atoms with Crippen LogP contribution < -0.4 is 5.30 Å². The summed E-state index contributed by atoms with van der Waals surface area (Å²) in [4.78, 5) is 0. The standard InChI is InChI=1S/C28H43OPS/c1-9-11-12-15-28(10-2,30-25-14-13-19(3)16-23(25)21(5)31)24-18-22(27(6,7)8)17-20(4)26(24)29/h13-14,16-18,21,29-31H,9-12,15H2,1-8H3. The lowest BCUT2D eigenvalue weighted by Gasteiger charge is -2.37. The molecule has 0 aromatic heterocycles. The number of unbranched alkanes of at least 4 members (excludes halogenated alkanes) is 2. The molecule has 2 rings (SSSR count). The van der Waals surface area contributed by atoms with Gasteiger partial charge in [-0.15, -0.1) is 0 Å². The van der Waals surface area contributed by atoms with Crippen molar-refractivity contribution in [1.82, 2.24) is 0 Å². The second-order valence-corrected chi connectivity index (χ2v) is 12.7. The van der Waals surface area contributed by atoms with Crippen LogP contribution in [0.4, 0.5) is 0 Å². The third-order valence-corrected chi connectivity index (χ3v) is 8.88. The van der Waals surface area contributed by atoms with Gasteiger partial charge in [-0.2, -0.15) is 12.6 Å². The van der Waals surface area contributed by atoms with E-state index < -0.39 is 0 Å². The molecule has 0 fully saturated rings. The first-order chi connectivity index (χ1) is 14.4. The Labute approximate surface area is 198 Å². The molecule has 2 aromatic carbocycles. The fourth-order valence-electron chi connectivity index (χ4n) is 4.37. The van der Waals surface area contributed by atoms with Crippen LogP contribution in [0.2, 0.25) is 0 Å². The van der Waals surface area contributed by atoms with Crippen molar-refractivity contribution in [2.75, 3.05) is 0 Å². The van der Waals surface area contributed by atoms with Gasteiger partial charge in [0, 0.05) is 16.0 Å². The van der Waals surface area contributed by atoms with E-state index in [0.717, 1.165) is 24.0 Å². The Bertz CT molecular complexity index is 881. The van der Waals surface area contributed by atoms with Crippen LogP contribution in [0, 0.1) is 13.8 Å². The predicted octanol–water partition coefficient (Wildman–Crippen LogP) is 8.49. The maximum atomic E-state index is 11.3. The summed E-state index contributed by atoms with van der Waals surface area (Å²) in [6.07, 6.45) is 5.75. The van der Waals surface area contributed by atoms with Gasteiger partial charge in [-0.3, -0.25) is 0 Å². The highest BCUT2D eigenvalue weighted by Gasteiger charge is 2.35. The summed E-state index contributed by atoms with van der Waals surface area (Å²) in [6.45, 7) is 17.7. The minimum Gasteiger partial charge on any atom is -0.507 e. The summed E-state index contributed by atoms with van der Waals surface area (Å²) in [7, 11) is 0.606. The molecule has 3 heteroatoms. The van der Waals surface area contributed by atoms with Gasteiger partial charge in [0.2, 0.25) is 0 Å². The fourth-order valence-corrected chi connectivity index (χ4v) is 6.63. The van der Waals surface area contributed by atoms with E-state index in [1.807, 2.05) is 0 Å². The lowest BCUT2D eigenvalue weighted by Crippen LogP contribution is -2.26. The molecule has 0 saturated heterocycles. The van der Waals surface area contributed by atoms with Crippen LogP contribution in [0.5, 0.6) is 5.75 Å². The maximum Gasteiger partial charge on any atom is 0.122 e.